The first-order valence-electron chi connectivity index (χ1n) is 7.49. The highest BCUT2D eigenvalue weighted by atomic mass is 19.4. The number of nitrogens with one attached hydrogen (secondary N) is 1. The third-order valence-electron chi connectivity index (χ3n) is 3.90. The van der Waals surface area contributed by atoms with Crippen LogP contribution in [0, 0.1) is 0 Å². The second kappa shape index (κ2) is 6.56. The number of likely N-dealkylation sites (N-methyl/N-ethyl adjacent to an activating group) is 1. The van der Waals surface area contributed by atoms with E-state index >= 15 is 0 Å². The van der Waals surface area contributed by atoms with Crippen molar-refractivity contribution in [3.63, 3.8) is 0 Å². The molecule has 2 rings (SSSR count). The Morgan fingerprint density at radius 3 is 2.62 bits per heavy atom. The molecule has 134 valence electrons. The van der Waals surface area contributed by atoms with Crippen molar-refractivity contribution in [1.29, 1.82) is 0 Å². The molecule has 2 N–H and O–H groups in total. The zero-order valence-electron chi connectivity index (χ0n) is 13.5. The number of hydrogen-bond donors (Lipinski definition) is 2. The van der Waals surface area contributed by atoms with Crippen molar-refractivity contribution in [2.75, 3.05) is 33.7 Å². The Hall–Kier alpha value is -1.87. The average molecular weight is 347 g/mol. The molecule has 2 heterocycles. The lowest BCUT2D eigenvalue weighted by Gasteiger charge is -2.40. The predicted octanol–water partition coefficient (Wildman–Crippen LogP) is 0.922. The van der Waals surface area contributed by atoms with Crippen molar-refractivity contribution in [1.82, 2.24) is 14.8 Å². The van der Waals surface area contributed by atoms with Crippen LogP contribution in [0.3, 0.4) is 0 Å². The number of likely N-dealkylation sites (tertiary alicyclic amines) is 1. The lowest BCUT2D eigenvalue weighted by atomic mass is 9.92. The van der Waals surface area contributed by atoms with E-state index in [0.717, 1.165) is 6.07 Å². The predicted molar refractivity (Wildman–Crippen MR) is 80.7 cm³/mol. The molecule has 0 aromatic carbocycles. The van der Waals surface area contributed by atoms with Crippen LogP contribution in [-0.2, 0) is 6.18 Å². The van der Waals surface area contributed by atoms with Gasteiger partial charge in [0.15, 0.2) is 0 Å². The normalized spacial score (nSPS) is 22.0. The van der Waals surface area contributed by atoms with Crippen LogP contribution in [0.15, 0.2) is 16.9 Å². The summed E-state index contributed by atoms with van der Waals surface area (Å²) in [5, 5.41) is 10.6. The van der Waals surface area contributed by atoms with Gasteiger partial charge in [-0.1, -0.05) is 0 Å². The number of aromatic amines is 1. The van der Waals surface area contributed by atoms with Gasteiger partial charge in [-0.05, 0) is 39.1 Å². The number of hydrogen-bond acceptors (Lipinski definition) is 4. The molecule has 1 aliphatic heterocycles. The summed E-state index contributed by atoms with van der Waals surface area (Å²) in [6.45, 7) is 0.722. The minimum absolute atomic E-state index is 0.0322. The van der Waals surface area contributed by atoms with Crippen molar-refractivity contribution in [2.45, 2.75) is 24.6 Å². The number of nitrogens with zero attached hydrogens (tertiary/aromatic N) is 2. The molecule has 1 aliphatic rings. The lowest BCUT2D eigenvalue weighted by molar-refractivity contribution is -0.141. The van der Waals surface area contributed by atoms with E-state index in [0.29, 0.717) is 32.0 Å². The summed E-state index contributed by atoms with van der Waals surface area (Å²) in [6.07, 6.45) is -3.62. The van der Waals surface area contributed by atoms with Crippen LogP contribution < -0.4 is 5.56 Å². The fourth-order valence-electron chi connectivity index (χ4n) is 2.98. The number of carbonyl (C=O) groups excluding carboxylic acids is 1. The van der Waals surface area contributed by atoms with Crippen LogP contribution in [0.4, 0.5) is 13.2 Å². The van der Waals surface area contributed by atoms with Gasteiger partial charge in [-0.15, -0.1) is 0 Å². The standard InChI is InChI=1S/C15H20F3N3O3/c1-20(2)8-14(24)6-3-7-21(9-14)13(23)10-4-5-11(15(16,17)18)19-12(10)22/h4-5,24H,3,6-9H2,1-2H3,(H,19,22)/t14-/m0/s1. The number of aromatic nitrogens is 1. The second-order valence-electron chi connectivity index (χ2n) is 6.40. The highest BCUT2D eigenvalue weighted by Gasteiger charge is 2.37. The van der Waals surface area contributed by atoms with Gasteiger partial charge >= 0.3 is 6.18 Å². The van der Waals surface area contributed by atoms with E-state index < -0.39 is 28.9 Å². The Morgan fingerprint density at radius 1 is 1.42 bits per heavy atom. The van der Waals surface area contributed by atoms with Gasteiger partial charge in [-0.25, -0.2) is 0 Å². The van der Waals surface area contributed by atoms with Gasteiger partial charge in [0.1, 0.15) is 11.3 Å². The molecular formula is C15H20F3N3O3. The molecule has 1 fully saturated rings. The number of H-pyrrole nitrogens is 1. The van der Waals surface area contributed by atoms with Gasteiger partial charge < -0.3 is 19.9 Å². The molecular weight excluding hydrogens is 327 g/mol. The molecule has 1 atom stereocenters. The zero-order chi connectivity index (χ0) is 18.1. The molecule has 6 nitrogen and oxygen atoms in total. The first-order valence-corrected chi connectivity index (χ1v) is 7.49. The number of pyridine rings is 1. The number of rotatable bonds is 3. The molecule has 0 spiro atoms. The molecule has 0 unspecified atom stereocenters. The summed E-state index contributed by atoms with van der Waals surface area (Å²) in [4.78, 5) is 29.1. The number of piperidine rings is 1. The Balaban J connectivity index is 2.21. The molecule has 0 bridgehead atoms. The third kappa shape index (κ3) is 4.15. The van der Waals surface area contributed by atoms with Crippen LogP contribution in [0.5, 0.6) is 0 Å². The van der Waals surface area contributed by atoms with Crippen LogP contribution in [-0.4, -0.2) is 65.1 Å². The van der Waals surface area contributed by atoms with E-state index in [1.807, 2.05) is 0 Å². The number of alkyl halides is 3. The summed E-state index contributed by atoms with van der Waals surface area (Å²) >= 11 is 0. The van der Waals surface area contributed by atoms with Crippen molar-refractivity contribution in [3.05, 3.63) is 33.7 Å². The molecule has 1 aromatic rings. The maximum absolute atomic E-state index is 12.6. The van der Waals surface area contributed by atoms with Crippen molar-refractivity contribution in [2.24, 2.45) is 0 Å². The smallest absolute Gasteiger partial charge is 0.387 e. The van der Waals surface area contributed by atoms with Crippen LogP contribution >= 0.6 is 0 Å². The number of amides is 1. The highest BCUT2D eigenvalue weighted by molar-refractivity contribution is 5.94. The van der Waals surface area contributed by atoms with Gasteiger partial charge in [0.05, 0.1) is 12.1 Å². The summed E-state index contributed by atoms with van der Waals surface area (Å²) in [5.74, 6) is -0.679. The van der Waals surface area contributed by atoms with Gasteiger partial charge in [-0.3, -0.25) is 9.59 Å². The maximum atomic E-state index is 12.6. The largest absolute Gasteiger partial charge is 0.431 e. The van der Waals surface area contributed by atoms with Gasteiger partial charge in [-0.2, -0.15) is 13.2 Å². The number of β-amino-alcohol motifs (C(OH)–C–C–N with tert-alkyl or cyclic N) is 1. The highest BCUT2D eigenvalue weighted by Crippen LogP contribution is 2.27. The Labute approximate surface area is 136 Å². The molecule has 1 amide bonds. The van der Waals surface area contributed by atoms with E-state index in [1.165, 1.54) is 4.90 Å². The lowest BCUT2D eigenvalue weighted by Crippen LogP contribution is -2.55. The quantitative estimate of drug-likeness (QED) is 0.853. The number of halogens is 3. The van der Waals surface area contributed by atoms with Crippen molar-refractivity contribution < 1.29 is 23.1 Å². The van der Waals surface area contributed by atoms with Crippen molar-refractivity contribution >= 4 is 5.91 Å². The molecule has 1 aromatic heterocycles. The summed E-state index contributed by atoms with van der Waals surface area (Å²) < 4.78 is 37.7. The Kier molecular flexibility index (Phi) is 5.05. The van der Waals surface area contributed by atoms with E-state index in [1.54, 1.807) is 24.0 Å². The summed E-state index contributed by atoms with van der Waals surface area (Å²) in [5.41, 5.74) is -3.75. The van der Waals surface area contributed by atoms with E-state index in [9.17, 15) is 27.9 Å². The maximum Gasteiger partial charge on any atom is 0.431 e. The summed E-state index contributed by atoms with van der Waals surface area (Å²) in [6, 6.07) is 1.55. The van der Waals surface area contributed by atoms with Crippen LogP contribution in [0.25, 0.3) is 0 Å². The fraction of sp³-hybridized carbons (Fsp3) is 0.600. The Bertz CT molecular complexity index is 672. The van der Waals surface area contributed by atoms with Crippen molar-refractivity contribution in [3.8, 4) is 0 Å². The van der Waals surface area contributed by atoms with E-state index in [2.05, 4.69) is 0 Å². The Morgan fingerprint density at radius 2 is 2.08 bits per heavy atom. The topological polar surface area (TPSA) is 76.6 Å². The first kappa shape index (κ1) is 18.5. The van der Waals surface area contributed by atoms with Crippen LogP contribution in [0.1, 0.15) is 28.9 Å². The SMILES string of the molecule is CN(C)C[C@@]1(O)CCCN(C(=O)c2ccc(C(F)(F)F)[nH]c2=O)C1. The average Bonchev–Trinajstić information content (AvgIpc) is 2.44. The monoisotopic (exact) mass is 347 g/mol. The van der Waals surface area contributed by atoms with Crippen LogP contribution in [0.2, 0.25) is 0 Å². The molecule has 0 radical (unpaired) electrons. The molecule has 24 heavy (non-hydrogen) atoms. The zero-order valence-corrected chi connectivity index (χ0v) is 13.5. The van der Waals surface area contributed by atoms with E-state index in [-0.39, 0.29) is 12.1 Å². The molecule has 0 aliphatic carbocycles. The number of aliphatic hydroxyl groups is 1. The van der Waals surface area contributed by atoms with E-state index in [4.69, 9.17) is 0 Å². The summed E-state index contributed by atoms with van der Waals surface area (Å²) in [7, 11) is 3.58. The molecule has 1 saturated heterocycles. The minimum Gasteiger partial charge on any atom is -0.387 e. The minimum atomic E-state index is -4.68. The van der Waals surface area contributed by atoms with Gasteiger partial charge in [0, 0.05) is 13.1 Å². The van der Waals surface area contributed by atoms with Gasteiger partial charge in [0.2, 0.25) is 0 Å². The molecule has 9 heteroatoms. The van der Waals surface area contributed by atoms with Gasteiger partial charge in [0.25, 0.3) is 11.5 Å². The third-order valence-corrected chi connectivity index (χ3v) is 3.90. The fourth-order valence-corrected chi connectivity index (χ4v) is 2.98. The second-order valence-corrected chi connectivity index (χ2v) is 6.40. The first-order chi connectivity index (χ1) is 11.0. The molecule has 0 saturated carbocycles. The number of carbonyl (C=O) groups is 1.